The third-order valence-corrected chi connectivity index (χ3v) is 1.99. The van der Waals surface area contributed by atoms with E-state index in [9.17, 15) is 0 Å². The van der Waals surface area contributed by atoms with E-state index in [0.29, 0.717) is 6.54 Å². The quantitative estimate of drug-likeness (QED) is 0.402. The number of hydrogen-bond donors (Lipinski definition) is 0. The van der Waals surface area contributed by atoms with Crippen LogP contribution in [0.1, 0.15) is 5.56 Å². The van der Waals surface area contributed by atoms with E-state index >= 15 is 0 Å². The molecule has 0 bridgehead atoms. The third-order valence-electron chi connectivity index (χ3n) is 1.99. The molecule has 0 N–H and O–H groups in total. The Labute approximate surface area is 80.8 Å². The highest BCUT2D eigenvalue weighted by molar-refractivity contribution is 5.78. The lowest BCUT2D eigenvalue weighted by atomic mass is 10.1. The topological polar surface area (TPSA) is 61.7 Å². The zero-order chi connectivity index (χ0) is 9.80. The second kappa shape index (κ2) is 3.77. The van der Waals surface area contributed by atoms with Crippen LogP contribution in [-0.4, -0.2) is 4.98 Å². The molecule has 0 amide bonds. The second-order valence-electron chi connectivity index (χ2n) is 2.92. The van der Waals surface area contributed by atoms with E-state index < -0.39 is 0 Å². The van der Waals surface area contributed by atoms with E-state index in [0.717, 1.165) is 16.5 Å². The normalized spacial score (nSPS) is 9.71. The zero-order valence-electron chi connectivity index (χ0n) is 7.46. The van der Waals surface area contributed by atoms with Crippen molar-refractivity contribution >= 4 is 10.9 Å². The van der Waals surface area contributed by atoms with Crippen LogP contribution in [0, 0.1) is 0 Å². The summed E-state index contributed by atoms with van der Waals surface area (Å²) in [7, 11) is 0. The average Bonchev–Trinajstić information content (AvgIpc) is 2.26. The molecule has 0 saturated carbocycles. The summed E-state index contributed by atoms with van der Waals surface area (Å²) in [6.45, 7) is 0.378. The van der Waals surface area contributed by atoms with Crippen LogP contribution in [-0.2, 0) is 6.54 Å². The van der Waals surface area contributed by atoms with E-state index in [1.54, 1.807) is 6.20 Å². The van der Waals surface area contributed by atoms with E-state index in [1.165, 1.54) is 0 Å². The first-order valence-corrected chi connectivity index (χ1v) is 4.24. The van der Waals surface area contributed by atoms with Gasteiger partial charge in [0.2, 0.25) is 0 Å². The van der Waals surface area contributed by atoms with Gasteiger partial charge in [-0.1, -0.05) is 23.3 Å². The Morgan fingerprint density at radius 2 is 2.29 bits per heavy atom. The highest BCUT2D eigenvalue weighted by Gasteiger charge is 1.95. The fourth-order valence-corrected chi connectivity index (χ4v) is 1.32. The van der Waals surface area contributed by atoms with Gasteiger partial charge in [0.1, 0.15) is 0 Å². The fourth-order valence-electron chi connectivity index (χ4n) is 1.32. The predicted octanol–water partition coefficient (Wildman–Crippen LogP) is 3.05. The van der Waals surface area contributed by atoms with Gasteiger partial charge < -0.3 is 0 Å². The van der Waals surface area contributed by atoms with Crippen LogP contribution in [0.3, 0.4) is 0 Å². The molecule has 1 heterocycles. The van der Waals surface area contributed by atoms with Crippen molar-refractivity contribution in [2.24, 2.45) is 5.11 Å². The Hall–Kier alpha value is -2.06. The standard InChI is InChI=1S/C10H8N4/c11-14-13-7-8-3-4-9-2-1-5-12-10(9)6-8/h1-6H,7H2. The van der Waals surface area contributed by atoms with Gasteiger partial charge in [-0.15, -0.1) is 0 Å². The fraction of sp³-hybridized carbons (Fsp3) is 0.100. The number of hydrogen-bond acceptors (Lipinski definition) is 2. The summed E-state index contributed by atoms with van der Waals surface area (Å²) in [6, 6.07) is 9.75. The van der Waals surface area contributed by atoms with E-state index in [-0.39, 0.29) is 0 Å². The minimum atomic E-state index is 0.378. The molecule has 0 aliphatic heterocycles. The monoisotopic (exact) mass is 184 g/mol. The predicted molar refractivity (Wildman–Crippen MR) is 54.6 cm³/mol. The van der Waals surface area contributed by atoms with Gasteiger partial charge in [-0.25, -0.2) is 0 Å². The van der Waals surface area contributed by atoms with E-state index in [1.807, 2.05) is 30.3 Å². The minimum Gasteiger partial charge on any atom is -0.256 e. The lowest BCUT2D eigenvalue weighted by Gasteiger charge is -1.98. The molecule has 2 rings (SSSR count). The molecule has 0 saturated heterocycles. The molecular weight excluding hydrogens is 176 g/mol. The van der Waals surface area contributed by atoms with Gasteiger partial charge in [0.15, 0.2) is 0 Å². The molecule has 68 valence electrons. The molecule has 0 radical (unpaired) electrons. The van der Waals surface area contributed by atoms with Crippen LogP contribution in [0.2, 0.25) is 0 Å². The summed E-state index contributed by atoms with van der Waals surface area (Å²) < 4.78 is 0. The number of fused-ring (bicyclic) bond motifs is 1. The van der Waals surface area contributed by atoms with Crippen molar-refractivity contribution in [2.75, 3.05) is 0 Å². The molecule has 4 nitrogen and oxygen atoms in total. The van der Waals surface area contributed by atoms with Crippen molar-refractivity contribution in [1.29, 1.82) is 0 Å². The molecule has 0 unspecified atom stereocenters. The number of azide groups is 1. The summed E-state index contributed by atoms with van der Waals surface area (Å²) in [5.74, 6) is 0. The first-order valence-electron chi connectivity index (χ1n) is 4.24. The van der Waals surface area contributed by atoms with Crippen LogP contribution in [0.5, 0.6) is 0 Å². The van der Waals surface area contributed by atoms with Gasteiger partial charge in [0.25, 0.3) is 0 Å². The molecule has 0 fully saturated rings. The van der Waals surface area contributed by atoms with Gasteiger partial charge >= 0.3 is 0 Å². The van der Waals surface area contributed by atoms with Gasteiger partial charge in [0.05, 0.1) is 12.1 Å². The molecule has 4 heteroatoms. The SMILES string of the molecule is [N-]=[N+]=NCc1ccc2cccnc2c1. The molecule has 1 aromatic carbocycles. The number of aromatic nitrogens is 1. The molecule has 2 aromatic rings. The molecule has 0 aliphatic carbocycles. The van der Waals surface area contributed by atoms with Gasteiger partial charge in [-0.05, 0) is 23.2 Å². The molecule has 1 aromatic heterocycles. The maximum Gasteiger partial charge on any atom is 0.0704 e. The maximum atomic E-state index is 8.18. The average molecular weight is 184 g/mol. The summed E-state index contributed by atoms with van der Waals surface area (Å²) in [4.78, 5) is 6.93. The summed E-state index contributed by atoms with van der Waals surface area (Å²) in [5, 5.41) is 4.60. The Kier molecular flexibility index (Phi) is 2.30. The summed E-state index contributed by atoms with van der Waals surface area (Å²) in [6.07, 6.45) is 1.75. The van der Waals surface area contributed by atoms with Crippen LogP contribution < -0.4 is 0 Å². The summed E-state index contributed by atoms with van der Waals surface area (Å²) >= 11 is 0. The highest BCUT2D eigenvalue weighted by Crippen LogP contribution is 2.13. The lowest BCUT2D eigenvalue weighted by Crippen LogP contribution is -1.82. The third kappa shape index (κ3) is 1.65. The van der Waals surface area contributed by atoms with Crippen molar-refractivity contribution in [3.05, 3.63) is 52.5 Å². The number of rotatable bonds is 2. The Balaban J connectivity index is 2.45. The van der Waals surface area contributed by atoms with E-state index in [2.05, 4.69) is 15.0 Å². The van der Waals surface area contributed by atoms with Crippen molar-refractivity contribution in [1.82, 2.24) is 4.98 Å². The highest BCUT2D eigenvalue weighted by atomic mass is 15.1. The minimum absolute atomic E-state index is 0.378. The van der Waals surface area contributed by atoms with Gasteiger partial charge in [0, 0.05) is 16.5 Å². The molecule has 0 atom stereocenters. The van der Waals surface area contributed by atoms with Crippen LogP contribution >= 0.6 is 0 Å². The molecule has 0 spiro atoms. The first-order chi connectivity index (χ1) is 6.90. The largest absolute Gasteiger partial charge is 0.256 e. The smallest absolute Gasteiger partial charge is 0.0704 e. The summed E-state index contributed by atoms with van der Waals surface area (Å²) in [5.41, 5.74) is 10.1. The second-order valence-corrected chi connectivity index (χ2v) is 2.92. The number of benzene rings is 1. The Morgan fingerprint density at radius 3 is 3.14 bits per heavy atom. The van der Waals surface area contributed by atoms with Crippen LogP contribution in [0.25, 0.3) is 21.3 Å². The molecular formula is C10H8N4. The Morgan fingerprint density at radius 1 is 1.36 bits per heavy atom. The number of pyridine rings is 1. The van der Waals surface area contributed by atoms with Gasteiger partial charge in [-0.3, -0.25) is 4.98 Å². The maximum absolute atomic E-state index is 8.18. The number of nitrogens with zero attached hydrogens (tertiary/aromatic N) is 4. The zero-order valence-corrected chi connectivity index (χ0v) is 7.46. The van der Waals surface area contributed by atoms with Crippen LogP contribution in [0.15, 0.2) is 41.6 Å². The first kappa shape index (κ1) is 8.53. The van der Waals surface area contributed by atoms with Crippen molar-refractivity contribution in [2.45, 2.75) is 6.54 Å². The van der Waals surface area contributed by atoms with Crippen molar-refractivity contribution in [3.63, 3.8) is 0 Å². The molecule has 14 heavy (non-hydrogen) atoms. The molecule has 0 aliphatic rings. The Bertz CT molecular complexity index is 500. The van der Waals surface area contributed by atoms with Crippen molar-refractivity contribution in [3.8, 4) is 0 Å². The van der Waals surface area contributed by atoms with Crippen LogP contribution in [0.4, 0.5) is 0 Å². The lowest BCUT2D eigenvalue weighted by molar-refractivity contribution is 1.05. The van der Waals surface area contributed by atoms with Crippen molar-refractivity contribution < 1.29 is 0 Å². The van der Waals surface area contributed by atoms with E-state index in [4.69, 9.17) is 5.53 Å². The van der Waals surface area contributed by atoms with Gasteiger partial charge in [-0.2, -0.15) is 0 Å².